The Bertz CT molecular complexity index is 3030. The summed E-state index contributed by atoms with van der Waals surface area (Å²) in [5.74, 6) is 0.604. The standard InChI is InChI=1S/C52H39NS2/c1-2-14-34(15-3-1)38-21-10-16-36-17-11-23-43(50(36)38)40-18-4-7-26-46(40)53(47-27-13-25-45-42-20-6-9-29-49(42)55-52(45)47)37-32-30-35(31-33-37)39-22-12-24-44-41-19-5-8-28-48(41)54-51(39)44/h4-13,16-34H,1-3,14-15H2. The third-order valence-electron chi connectivity index (χ3n) is 11.9. The molecule has 0 saturated heterocycles. The van der Waals surface area contributed by atoms with Crippen LogP contribution >= 0.6 is 22.7 Å². The third-order valence-corrected chi connectivity index (χ3v) is 14.3. The second-order valence-corrected chi connectivity index (χ2v) is 17.1. The number of hydrogen-bond donors (Lipinski definition) is 0. The molecular formula is C52H39NS2. The van der Waals surface area contributed by atoms with Crippen LogP contribution in [0.4, 0.5) is 17.1 Å². The number of para-hydroxylation sites is 1. The fourth-order valence-electron chi connectivity index (χ4n) is 9.33. The maximum absolute atomic E-state index is 2.53. The second-order valence-electron chi connectivity index (χ2n) is 15.0. The van der Waals surface area contributed by atoms with Crippen LogP contribution in [0.1, 0.15) is 43.6 Å². The van der Waals surface area contributed by atoms with Crippen LogP contribution in [0.25, 0.3) is 73.4 Å². The zero-order chi connectivity index (χ0) is 36.3. The van der Waals surface area contributed by atoms with E-state index in [9.17, 15) is 0 Å². The number of thiophene rings is 2. The van der Waals surface area contributed by atoms with Gasteiger partial charge < -0.3 is 4.90 Å². The summed E-state index contributed by atoms with van der Waals surface area (Å²) in [6, 6.07) is 63.6. The molecule has 1 saturated carbocycles. The molecule has 1 fully saturated rings. The Morgan fingerprint density at radius 2 is 0.982 bits per heavy atom. The third kappa shape index (κ3) is 5.48. The van der Waals surface area contributed by atoms with Gasteiger partial charge in [-0.3, -0.25) is 0 Å². The number of fused-ring (bicyclic) bond motifs is 7. The average Bonchev–Trinajstić information content (AvgIpc) is 3.83. The van der Waals surface area contributed by atoms with E-state index in [0.29, 0.717) is 5.92 Å². The van der Waals surface area contributed by atoms with Crippen LogP contribution in [0.15, 0.2) is 170 Å². The summed E-state index contributed by atoms with van der Waals surface area (Å²) in [6.45, 7) is 0. The summed E-state index contributed by atoms with van der Waals surface area (Å²) < 4.78 is 5.30. The maximum Gasteiger partial charge on any atom is 0.0640 e. The molecular weight excluding hydrogens is 703 g/mol. The molecule has 1 aliphatic rings. The summed E-state index contributed by atoms with van der Waals surface area (Å²) in [5, 5.41) is 8.02. The van der Waals surface area contributed by atoms with Gasteiger partial charge in [0.15, 0.2) is 0 Å². The molecule has 0 aliphatic heterocycles. The number of nitrogens with zero attached hydrogens (tertiary/aromatic N) is 1. The molecule has 1 nitrogen and oxygen atoms in total. The molecule has 0 bridgehead atoms. The lowest BCUT2D eigenvalue weighted by atomic mass is 9.80. The monoisotopic (exact) mass is 741 g/mol. The van der Waals surface area contributed by atoms with Crippen LogP contribution in [0.5, 0.6) is 0 Å². The summed E-state index contributed by atoms with van der Waals surface area (Å²) in [4.78, 5) is 2.53. The Labute approximate surface area is 329 Å². The Kier molecular flexibility index (Phi) is 8.04. The van der Waals surface area contributed by atoms with E-state index in [1.54, 1.807) is 0 Å². The van der Waals surface area contributed by atoms with Gasteiger partial charge in [0.2, 0.25) is 0 Å². The van der Waals surface area contributed by atoms with E-state index in [-0.39, 0.29) is 0 Å². The van der Waals surface area contributed by atoms with Crippen LogP contribution < -0.4 is 4.90 Å². The fraction of sp³-hybridized carbons (Fsp3) is 0.115. The number of rotatable bonds is 6. The van der Waals surface area contributed by atoms with Crippen LogP contribution in [-0.4, -0.2) is 0 Å². The van der Waals surface area contributed by atoms with Gasteiger partial charge in [0.05, 0.1) is 16.1 Å². The van der Waals surface area contributed by atoms with Gasteiger partial charge in [-0.15, -0.1) is 22.7 Å². The van der Waals surface area contributed by atoms with Crippen molar-refractivity contribution in [2.24, 2.45) is 0 Å². The predicted molar refractivity (Wildman–Crippen MR) is 241 cm³/mol. The van der Waals surface area contributed by atoms with Crippen molar-refractivity contribution in [3.05, 3.63) is 175 Å². The average molecular weight is 742 g/mol. The van der Waals surface area contributed by atoms with Gasteiger partial charge in [-0.2, -0.15) is 0 Å². The van der Waals surface area contributed by atoms with E-state index in [2.05, 4.69) is 175 Å². The maximum atomic E-state index is 2.53. The molecule has 0 radical (unpaired) electrons. The van der Waals surface area contributed by atoms with Gasteiger partial charge in [-0.05, 0) is 88.2 Å². The second kappa shape index (κ2) is 13.5. The molecule has 264 valence electrons. The summed E-state index contributed by atoms with van der Waals surface area (Å²) in [6.07, 6.45) is 6.54. The van der Waals surface area contributed by atoms with Crippen molar-refractivity contribution in [1.82, 2.24) is 0 Å². The van der Waals surface area contributed by atoms with Crippen LogP contribution in [0.3, 0.4) is 0 Å². The van der Waals surface area contributed by atoms with Gasteiger partial charge in [-0.1, -0.05) is 153 Å². The van der Waals surface area contributed by atoms with Crippen molar-refractivity contribution in [3.63, 3.8) is 0 Å². The van der Waals surface area contributed by atoms with E-state index < -0.39 is 0 Å². The van der Waals surface area contributed by atoms with Crippen LogP contribution in [-0.2, 0) is 0 Å². The van der Waals surface area contributed by atoms with E-state index in [0.717, 1.165) is 5.69 Å². The van der Waals surface area contributed by atoms with Gasteiger partial charge in [0.25, 0.3) is 0 Å². The molecule has 8 aromatic carbocycles. The van der Waals surface area contributed by atoms with Gasteiger partial charge in [-0.25, -0.2) is 0 Å². The zero-order valence-corrected chi connectivity index (χ0v) is 32.2. The Morgan fingerprint density at radius 1 is 0.418 bits per heavy atom. The van der Waals surface area contributed by atoms with E-state index in [1.165, 1.54) is 122 Å². The quantitative estimate of drug-likeness (QED) is 0.164. The van der Waals surface area contributed by atoms with Gasteiger partial charge >= 0.3 is 0 Å². The molecule has 0 unspecified atom stereocenters. The minimum atomic E-state index is 0.604. The van der Waals surface area contributed by atoms with E-state index in [1.807, 2.05) is 22.7 Å². The van der Waals surface area contributed by atoms with Gasteiger partial charge in [0, 0.05) is 46.9 Å². The minimum absolute atomic E-state index is 0.604. The molecule has 0 spiro atoms. The van der Waals surface area contributed by atoms with Crippen LogP contribution in [0, 0.1) is 0 Å². The highest BCUT2D eigenvalue weighted by Crippen LogP contribution is 2.49. The largest absolute Gasteiger partial charge is 0.308 e. The topological polar surface area (TPSA) is 3.24 Å². The lowest BCUT2D eigenvalue weighted by Crippen LogP contribution is -2.11. The lowest BCUT2D eigenvalue weighted by molar-refractivity contribution is 0.445. The number of benzene rings is 8. The van der Waals surface area contributed by atoms with Crippen molar-refractivity contribution >= 4 is 90.9 Å². The number of anilines is 3. The summed E-state index contributed by atoms with van der Waals surface area (Å²) >= 11 is 3.79. The highest BCUT2D eigenvalue weighted by molar-refractivity contribution is 7.26. The molecule has 0 atom stereocenters. The molecule has 55 heavy (non-hydrogen) atoms. The highest BCUT2D eigenvalue weighted by Gasteiger charge is 2.24. The summed E-state index contributed by atoms with van der Waals surface area (Å²) in [5.41, 5.74) is 10.2. The van der Waals surface area contributed by atoms with Crippen molar-refractivity contribution in [2.45, 2.75) is 38.0 Å². The molecule has 0 amide bonds. The molecule has 3 heteroatoms. The first-order valence-electron chi connectivity index (χ1n) is 19.6. The fourth-order valence-corrected chi connectivity index (χ4v) is 11.8. The minimum Gasteiger partial charge on any atom is -0.308 e. The van der Waals surface area contributed by atoms with Crippen molar-refractivity contribution in [2.75, 3.05) is 4.90 Å². The SMILES string of the molecule is c1ccc(N(c2ccc(-c3cccc4c3sc3ccccc34)cc2)c2cccc3c2sc2ccccc23)c(-c2cccc3cccc(C4CCCCC4)c23)c1. The molecule has 2 heterocycles. The Balaban J connectivity index is 1.13. The normalized spacial score (nSPS) is 13.7. The lowest BCUT2D eigenvalue weighted by Gasteiger charge is -2.29. The highest BCUT2D eigenvalue weighted by atomic mass is 32.1. The molecule has 11 rings (SSSR count). The first-order chi connectivity index (χ1) is 27.3. The number of hydrogen-bond acceptors (Lipinski definition) is 3. The van der Waals surface area contributed by atoms with Crippen molar-refractivity contribution < 1.29 is 0 Å². The smallest absolute Gasteiger partial charge is 0.0640 e. The van der Waals surface area contributed by atoms with Crippen molar-refractivity contribution in [3.8, 4) is 22.3 Å². The van der Waals surface area contributed by atoms with E-state index >= 15 is 0 Å². The summed E-state index contributed by atoms with van der Waals surface area (Å²) in [7, 11) is 0. The first-order valence-corrected chi connectivity index (χ1v) is 21.3. The molecule has 0 N–H and O–H groups in total. The molecule has 10 aromatic rings. The van der Waals surface area contributed by atoms with Crippen molar-refractivity contribution in [1.29, 1.82) is 0 Å². The Hall–Kier alpha value is -5.74. The molecule has 1 aliphatic carbocycles. The van der Waals surface area contributed by atoms with Crippen LogP contribution in [0.2, 0.25) is 0 Å². The predicted octanol–water partition coefficient (Wildman–Crippen LogP) is 16.4. The van der Waals surface area contributed by atoms with Gasteiger partial charge in [0.1, 0.15) is 0 Å². The zero-order valence-electron chi connectivity index (χ0n) is 30.5. The van der Waals surface area contributed by atoms with E-state index in [4.69, 9.17) is 0 Å². The molecule has 2 aromatic heterocycles. The Morgan fingerprint density at radius 3 is 1.76 bits per heavy atom. The first kappa shape index (κ1) is 32.7.